The van der Waals surface area contributed by atoms with Gasteiger partial charge in [-0.25, -0.2) is 8.78 Å². The third-order valence-electron chi connectivity index (χ3n) is 4.52. The zero-order valence-corrected chi connectivity index (χ0v) is 18.3. The molecule has 2 N–H and O–H groups in total. The average Bonchev–Trinajstić information content (AvgIpc) is 2.59. The molecular formula is C22H35F2N2O4+. The predicted molar refractivity (Wildman–Crippen MR) is 111 cm³/mol. The van der Waals surface area contributed by atoms with Gasteiger partial charge in [0.25, 0.3) is 0 Å². The first-order valence-electron chi connectivity index (χ1n) is 10.4. The second-order valence-corrected chi connectivity index (χ2v) is 8.64. The van der Waals surface area contributed by atoms with Crippen LogP contribution in [0.5, 0.6) is 0 Å². The van der Waals surface area contributed by atoms with Crippen LogP contribution in [0.25, 0.3) is 0 Å². The maximum absolute atomic E-state index is 13.5. The lowest BCUT2D eigenvalue weighted by molar-refractivity contribution is -0.871. The number of carboxylic acid groups (broad SMARTS) is 1. The summed E-state index contributed by atoms with van der Waals surface area (Å²) in [6.45, 7) is 1.18. The minimum Gasteiger partial charge on any atom is -0.481 e. The Labute approximate surface area is 177 Å². The highest BCUT2D eigenvalue weighted by atomic mass is 19.1. The van der Waals surface area contributed by atoms with Gasteiger partial charge in [0.1, 0.15) is 11.6 Å². The molecule has 0 radical (unpaired) electrons. The van der Waals surface area contributed by atoms with Crippen molar-refractivity contribution >= 4 is 11.9 Å². The van der Waals surface area contributed by atoms with E-state index in [2.05, 4.69) is 5.32 Å². The number of amides is 1. The minimum atomic E-state index is -0.918. The number of likely N-dealkylation sites (N-methyl/N-ethyl adjacent to an activating group) is 1. The van der Waals surface area contributed by atoms with Crippen molar-refractivity contribution in [3.63, 3.8) is 0 Å². The van der Waals surface area contributed by atoms with E-state index >= 15 is 0 Å². The lowest BCUT2D eigenvalue weighted by Gasteiger charge is -2.29. The summed E-state index contributed by atoms with van der Waals surface area (Å²) in [4.78, 5) is 23.1. The molecule has 1 amide bonds. The van der Waals surface area contributed by atoms with Crippen LogP contribution >= 0.6 is 0 Å². The van der Waals surface area contributed by atoms with Crippen LogP contribution in [0.1, 0.15) is 50.5 Å². The van der Waals surface area contributed by atoms with Crippen LogP contribution in [0.15, 0.2) is 18.2 Å². The zero-order chi connectivity index (χ0) is 22.6. The van der Waals surface area contributed by atoms with Crippen LogP contribution in [-0.2, 0) is 20.9 Å². The highest BCUT2D eigenvalue weighted by Crippen LogP contribution is 2.12. The minimum absolute atomic E-state index is 0.0803. The number of nitrogens with zero attached hydrogens (tertiary/aromatic N) is 1. The van der Waals surface area contributed by atoms with E-state index in [1.165, 1.54) is 12.1 Å². The Kier molecular flexibility index (Phi) is 11.5. The number of unbranched alkanes of at least 4 members (excludes halogenated alkanes) is 4. The molecule has 8 heteroatoms. The summed E-state index contributed by atoms with van der Waals surface area (Å²) in [7, 11) is 5.88. The molecule has 0 aromatic heterocycles. The number of rotatable bonds is 15. The summed E-state index contributed by atoms with van der Waals surface area (Å²) in [6, 6.07) is 3.07. The van der Waals surface area contributed by atoms with Gasteiger partial charge in [0, 0.05) is 24.7 Å². The lowest BCUT2D eigenvalue weighted by atomic mass is 10.1. The largest absolute Gasteiger partial charge is 0.481 e. The van der Waals surface area contributed by atoms with Gasteiger partial charge in [-0.05, 0) is 18.9 Å². The third kappa shape index (κ3) is 12.5. The van der Waals surface area contributed by atoms with Crippen LogP contribution in [0.4, 0.5) is 8.78 Å². The number of nitrogens with one attached hydrogen (secondary N) is 1. The summed E-state index contributed by atoms with van der Waals surface area (Å²) in [5.74, 6) is -2.23. The maximum atomic E-state index is 13.5. The summed E-state index contributed by atoms with van der Waals surface area (Å²) in [5, 5.41) is 11.9. The van der Waals surface area contributed by atoms with E-state index in [1.807, 2.05) is 21.1 Å². The molecule has 0 fully saturated rings. The van der Waals surface area contributed by atoms with Crippen molar-refractivity contribution in [2.24, 2.45) is 0 Å². The van der Waals surface area contributed by atoms with E-state index in [-0.39, 0.29) is 25.0 Å². The number of ether oxygens (including phenoxy) is 1. The Morgan fingerprint density at radius 1 is 1.10 bits per heavy atom. The molecule has 30 heavy (non-hydrogen) atoms. The smallest absolute Gasteiger partial charge is 0.305 e. The molecule has 1 aromatic rings. The van der Waals surface area contributed by atoms with Crippen LogP contribution in [-0.4, -0.2) is 61.8 Å². The summed E-state index contributed by atoms with van der Waals surface area (Å²) in [6.07, 6.45) is 4.68. The summed E-state index contributed by atoms with van der Waals surface area (Å²) < 4.78 is 32.3. The first-order chi connectivity index (χ1) is 14.1. The molecule has 170 valence electrons. The predicted octanol–water partition coefficient (Wildman–Crippen LogP) is 3.49. The second kappa shape index (κ2) is 13.3. The Bertz CT molecular complexity index is 678. The van der Waals surface area contributed by atoms with Gasteiger partial charge in [-0.15, -0.1) is 0 Å². The second-order valence-electron chi connectivity index (χ2n) is 8.64. The van der Waals surface area contributed by atoms with Crippen LogP contribution < -0.4 is 5.32 Å². The summed E-state index contributed by atoms with van der Waals surface area (Å²) in [5.41, 5.74) is 0.342. The molecule has 0 aliphatic heterocycles. The van der Waals surface area contributed by atoms with E-state index in [0.717, 1.165) is 38.2 Å². The van der Waals surface area contributed by atoms with Crippen molar-refractivity contribution < 1.29 is 32.7 Å². The van der Waals surface area contributed by atoms with Crippen LogP contribution in [0, 0.1) is 11.6 Å². The van der Waals surface area contributed by atoms with E-state index in [1.54, 1.807) is 0 Å². The Morgan fingerprint density at radius 2 is 1.77 bits per heavy atom. The topological polar surface area (TPSA) is 75.6 Å². The van der Waals surface area contributed by atoms with Crippen molar-refractivity contribution in [1.82, 2.24) is 5.32 Å². The number of hydrogen-bond donors (Lipinski definition) is 2. The maximum Gasteiger partial charge on any atom is 0.305 e. The lowest BCUT2D eigenvalue weighted by Crippen LogP contribution is -2.49. The van der Waals surface area contributed by atoms with Crippen LogP contribution in [0.2, 0.25) is 0 Å². The molecule has 0 saturated heterocycles. The molecule has 0 heterocycles. The van der Waals surface area contributed by atoms with Gasteiger partial charge >= 0.3 is 5.97 Å². The molecular weight excluding hydrogens is 394 g/mol. The monoisotopic (exact) mass is 429 g/mol. The third-order valence-corrected chi connectivity index (χ3v) is 4.52. The van der Waals surface area contributed by atoms with Crippen LogP contribution in [0.3, 0.4) is 0 Å². The number of quaternary nitrogens is 1. The fraction of sp³-hybridized carbons (Fsp3) is 0.636. The fourth-order valence-corrected chi connectivity index (χ4v) is 3.17. The molecule has 1 aromatic carbocycles. The standard InChI is InChI=1S/C22H34F2N2O4/c1-26(2,3)15-19(14-22(28)29)25-21(27)9-7-5-4-6-8-12-30-16-17-10-11-18(23)13-20(17)24/h10-11,13,19H,4-9,12,14-16H2,1-3H3,(H-,25,27,28,29)/p+1/t19-/m1/s1. The van der Waals surface area contributed by atoms with E-state index < -0.39 is 17.6 Å². The number of hydrogen-bond acceptors (Lipinski definition) is 3. The number of carbonyl (C=O) groups is 2. The van der Waals surface area contributed by atoms with Gasteiger partial charge in [0.05, 0.1) is 46.8 Å². The Hall–Kier alpha value is -2.06. The molecule has 0 aliphatic rings. The van der Waals surface area contributed by atoms with Gasteiger partial charge in [-0.3, -0.25) is 9.59 Å². The molecule has 0 saturated carbocycles. The number of aliphatic carboxylic acids is 1. The zero-order valence-electron chi connectivity index (χ0n) is 18.3. The van der Waals surface area contributed by atoms with Crippen molar-refractivity contribution in [3.05, 3.63) is 35.4 Å². The van der Waals surface area contributed by atoms with Gasteiger partial charge in [-0.2, -0.15) is 0 Å². The van der Waals surface area contributed by atoms with Gasteiger partial charge in [0.15, 0.2) is 0 Å². The molecule has 0 spiro atoms. The molecule has 0 unspecified atom stereocenters. The van der Waals surface area contributed by atoms with Gasteiger partial charge in [0.2, 0.25) is 5.91 Å². The number of carbonyl (C=O) groups excluding carboxylic acids is 1. The Morgan fingerprint density at radius 3 is 2.40 bits per heavy atom. The molecule has 6 nitrogen and oxygen atoms in total. The number of halogens is 2. The quantitative estimate of drug-likeness (QED) is 0.331. The normalized spacial score (nSPS) is 12.6. The van der Waals surface area contributed by atoms with Gasteiger partial charge < -0.3 is 19.6 Å². The number of carboxylic acids is 1. The van der Waals surface area contributed by atoms with Crippen molar-refractivity contribution in [1.29, 1.82) is 0 Å². The molecule has 0 aliphatic carbocycles. The molecule has 1 atom stereocenters. The molecule has 0 bridgehead atoms. The van der Waals surface area contributed by atoms with E-state index in [0.29, 0.717) is 29.6 Å². The summed E-state index contributed by atoms with van der Waals surface area (Å²) >= 11 is 0. The van der Waals surface area contributed by atoms with Crippen molar-refractivity contribution in [3.8, 4) is 0 Å². The highest BCUT2D eigenvalue weighted by Gasteiger charge is 2.22. The first-order valence-corrected chi connectivity index (χ1v) is 10.4. The van der Waals surface area contributed by atoms with E-state index in [9.17, 15) is 18.4 Å². The fourth-order valence-electron chi connectivity index (χ4n) is 3.17. The molecule has 1 rings (SSSR count). The Balaban J connectivity index is 2.10. The average molecular weight is 430 g/mol. The van der Waals surface area contributed by atoms with Crippen molar-refractivity contribution in [2.45, 2.75) is 57.6 Å². The number of benzene rings is 1. The van der Waals surface area contributed by atoms with Gasteiger partial charge in [-0.1, -0.05) is 25.3 Å². The SMILES string of the molecule is C[N+](C)(C)C[C@@H](CC(=O)O)NC(=O)CCCCCCCOCc1ccc(F)cc1F. The highest BCUT2D eigenvalue weighted by molar-refractivity contribution is 5.77. The van der Waals surface area contributed by atoms with E-state index in [4.69, 9.17) is 9.84 Å². The van der Waals surface area contributed by atoms with Crippen molar-refractivity contribution in [2.75, 3.05) is 34.3 Å². The first kappa shape index (κ1) is 26.0.